The van der Waals surface area contributed by atoms with Crippen molar-refractivity contribution in [1.82, 2.24) is 0 Å². The standard InChI is InChI=1S/C24H43O4P/c1-4-6-8-10-12-16-20-26-29(25,27-21-17-13-11-9-7-5-2)28-22-24-19-15-14-18-23(24)3/h14-15,18-19H,4-13,16-17,20-22H2,1-3H3. The summed E-state index contributed by atoms with van der Waals surface area (Å²) in [6.07, 6.45) is 13.9. The van der Waals surface area contributed by atoms with Gasteiger partial charge in [-0.15, -0.1) is 0 Å². The molecule has 0 spiro atoms. The molecule has 1 aromatic rings. The summed E-state index contributed by atoms with van der Waals surface area (Å²) in [5.41, 5.74) is 2.13. The molecular weight excluding hydrogens is 383 g/mol. The zero-order valence-electron chi connectivity index (χ0n) is 19.0. The maximum atomic E-state index is 13.1. The van der Waals surface area contributed by atoms with Crippen LogP contribution in [0.3, 0.4) is 0 Å². The van der Waals surface area contributed by atoms with E-state index in [9.17, 15) is 4.57 Å². The van der Waals surface area contributed by atoms with Gasteiger partial charge in [0.1, 0.15) is 0 Å². The first-order valence-electron chi connectivity index (χ1n) is 11.7. The summed E-state index contributed by atoms with van der Waals surface area (Å²) in [5, 5.41) is 0. The maximum Gasteiger partial charge on any atom is 0.475 e. The second-order valence-electron chi connectivity index (χ2n) is 7.85. The summed E-state index contributed by atoms with van der Waals surface area (Å²) in [5.74, 6) is 0. The van der Waals surface area contributed by atoms with Gasteiger partial charge in [-0.1, -0.05) is 102 Å². The zero-order chi connectivity index (χ0) is 21.2. The predicted molar refractivity (Wildman–Crippen MR) is 122 cm³/mol. The number of benzene rings is 1. The van der Waals surface area contributed by atoms with Crippen molar-refractivity contribution in [2.24, 2.45) is 0 Å². The third kappa shape index (κ3) is 13.3. The Morgan fingerprint density at radius 3 is 1.69 bits per heavy atom. The van der Waals surface area contributed by atoms with Gasteiger partial charge in [-0.3, -0.25) is 13.6 Å². The van der Waals surface area contributed by atoms with E-state index in [1.807, 2.05) is 31.2 Å². The van der Waals surface area contributed by atoms with Crippen LogP contribution in [0.25, 0.3) is 0 Å². The Kier molecular flexibility index (Phi) is 15.5. The van der Waals surface area contributed by atoms with Crippen LogP contribution in [-0.2, 0) is 24.7 Å². The Morgan fingerprint density at radius 1 is 0.690 bits per heavy atom. The van der Waals surface area contributed by atoms with Gasteiger partial charge < -0.3 is 0 Å². The summed E-state index contributed by atoms with van der Waals surface area (Å²) in [6.45, 7) is 7.55. The average molecular weight is 427 g/mol. The fourth-order valence-corrected chi connectivity index (χ4v) is 4.38. The third-order valence-corrected chi connectivity index (χ3v) is 6.58. The number of aryl methyl sites for hydroxylation is 1. The van der Waals surface area contributed by atoms with Gasteiger partial charge in [0, 0.05) is 0 Å². The Labute approximate surface area is 179 Å². The van der Waals surface area contributed by atoms with Crippen molar-refractivity contribution >= 4 is 7.82 Å². The molecule has 0 fully saturated rings. The SMILES string of the molecule is CCCCCCCCOP(=O)(OCCCCCCCC)OCc1ccccc1C. The van der Waals surface area contributed by atoms with Crippen molar-refractivity contribution in [3.8, 4) is 0 Å². The lowest BCUT2D eigenvalue weighted by Gasteiger charge is -2.19. The van der Waals surface area contributed by atoms with Gasteiger partial charge >= 0.3 is 7.82 Å². The highest BCUT2D eigenvalue weighted by Gasteiger charge is 2.26. The number of phosphoric ester groups is 1. The Balaban J connectivity index is 2.41. The van der Waals surface area contributed by atoms with Crippen LogP contribution >= 0.6 is 7.82 Å². The van der Waals surface area contributed by atoms with Crippen molar-refractivity contribution in [3.05, 3.63) is 35.4 Å². The molecule has 0 aromatic heterocycles. The van der Waals surface area contributed by atoms with E-state index in [1.54, 1.807) is 0 Å². The minimum atomic E-state index is -3.53. The number of rotatable bonds is 19. The smallest absolute Gasteiger partial charge is 0.287 e. The molecule has 0 saturated carbocycles. The van der Waals surface area contributed by atoms with Gasteiger partial charge in [0.15, 0.2) is 0 Å². The third-order valence-electron chi connectivity index (χ3n) is 5.13. The molecule has 0 N–H and O–H groups in total. The van der Waals surface area contributed by atoms with Gasteiger partial charge in [-0.2, -0.15) is 0 Å². The monoisotopic (exact) mass is 426 g/mol. The number of unbranched alkanes of at least 4 members (excludes halogenated alkanes) is 10. The lowest BCUT2D eigenvalue weighted by molar-refractivity contribution is 0.105. The molecule has 1 rings (SSSR count). The van der Waals surface area contributed by atoms with Crippen molar-refractivity contribution in [3.63, 3.8) is 0 Å². The first kappa shape index (κ1) is 26.4. The molecule has 0 aliphatic carbocycles. The van der Waals surface area contributed by atoms with Crippen LogP contribution in [0.2, 0.25) is 0 Å². The van der Waals surface area contributed by atoms with Crippen LogP contribution in [0.4, 0.5) is 0 Å². The van der Waals surface area contributed by atoms with E-state index in [0.717, 1.165) is 36.8 Å². The molecule has 168 valence electrons. The summed E-state index contributed by atoms with van der Waals surface area (Å²) in [6, 6.07) is 7.96. The molecule has 4 nitrogen and oxygen atoms in total. The molecule has 0 aliphatic rings. The number of phosphoric acid groups is 1. The molecule has 0 atom stereocenters. The van der Waals surface area contributed by atoms with Crippen LogP contribution in [0, 0.1) is 6.92 Å². The quantitative estimate of drug-likeness (QED) is 0.165. The topological polar surface area (TPSA) is 44.8 Å². The normalized spacial score (nSPS) is 11.8. The Morgan fingerprint density at radius 2 is 1.17 bits per heavy atom. The summed E-state index contributed by atoms with van der Waals surface area (Å²) in [4.78, 5) is 0. The van der Waals surface area contributed by atoms with Gasteiger partial charge in [0.2, 0.25) is 0 Å². The van der Waals surface area contributed by atoms with E-state index < -0.39 is 7.82 Å². The van der Waals surface area contributed by atoms with Gasteiger partial charge in [-0.25, -0.2) is 4.57 Å². The average Bonchev–Trinajstić information content (AvgIpc) is 2.72. The molecule has 0 bridgehead atoms. The minimum Gasteiger partial charge on any atom is -0.287 e. The van der Waals surface area contributed by atoms with Crippen molar-refractivity contribution in [1.29, 1.82) is 0 Å². The molecule has 0 amide bonds. The molecule has 0 aliphatic heterocycles. The highest BCUT2D eigenvalue weighted by atomic mass is 31.2. The van der Waals surface area contributed by atoms with E-state index in [4.69, 9.17) is 13.6 Å². The molecule has 0 heterocycles. The molecule has 0 radical (unpaired) electrons. The first-order valence-corrected chi connectivity index (χ1v) is 13.2. The first-order chi connectivity index (χ1) is 14.1. The van der Waals surface area contributed by atoms with Gasteiger partial charge in [0.05, 0.1) is 19.8 Å². The fourth-order valence-electron chi connectivity index (χ4n) is 3.15. The van der Waals surface area contributed by atoms with Gasteiger partial charge in [-0.05, 0) is 30.9 Å². The summed E-state index contributed by atoms with van der Waals surface area (Å²) < 4.78 is 30.1. The molecule has 0 unspecified atom stereocenters. The lowest BCUT2D eigenvalue weighted by atomic mass is 10.1. The Hall–Kier alpha value is -0.670. The van der Waals surface area contributed by atoms with Crippen molar-refractivity contribution < 1.29 is 18.1 Å². The summed E-state index contributed by atoms with van der Waals surface area (Å²) in [7, 11) is -3.53. The van der Waals surface area contributed by atoms with E-state index in [0.29, 0.717) is 13.2 Å². The van der Waals surface area contributed by atoms with Crippen molar-refractivity contribution in [2.45, 2.75) is 104 Å². The highest BCUT2D eigenvalue weighted by Crippen LogP contribution is 2.50. The van der Waals surface area contributed by atoms with Crippen molar-refractivity contribution in [2.75, 3.05) is 13.2 Å². The maximum absolute atomic E-state index is 13.1. The number of hydrogen-bond acceptors (Lipinski definition) is 4. The van der Waals surface area contributed by atoms with Crippen LogP contribution in [0.1, 0.15) is 102 Å². The largest absolute Gasteiger partial charge is 0.475 e. The molecular formula is C24H43O4P. The lowest BCUT2D eigenvalue weighted by Crippen LogP contribution is -2.04. The van der Waals surface area contributed by atoms with Crippen LogP contribution < -0.4 is 0 Å². The van der Waals surface area contributed by atoms with Crippen LogP contribution in [-0.4, -0.2) is 13.2 Å². The second kappa shape index (κ2) is 17.1. The predicted octanol–water partition coefficient (Wildman–Crippen LogP) is 8.37. The van der Waals surface area contributed by atoms with Crippen LogP contribution in [0.5, 0.6) is 0 Å². The zero-order valence-corrected chi connectivity index (χ0v) is 19.9. The van der Waals surface area contributed by atoms with E-state index in [1.165, 1.54) is 51.4 Å². The molecule has 1 aromatic carbocycles. The fraction of sp³-hybridized carbons (Fsp3) is 0.750. The Bertz CT molecular complexity index is 540. The van der Waals surface area contributed by atoms with E-state index in [2.05, 4.69) is 13.8 Å². The molecule has 0 saturated heterocycles. The highest BCUT2D eigenvalue weighted by molar-refractivity contribution is 7.48. The van der Waals surface area contributed by atoms with Crippen LogP contribution in [0.15, 0.2) is 24.3 Å². The van der Waals surface area contributed by atoms with Gasteiger partial charge in [0.25, 0.3) is 0 Å². The number of hydrogen-bond donors (Lipinski definition) is 0. The van der Waals surface area contributed by atoms with E-state index >= 15 is 0 Å². The van der Waals surface area contributed by atoms with E-state index in [-0.39, 0.29) is 6.61 Å². The second-order valence-corrected chi connectivity index (χ2v) is 9.52. The summed E-state index contributed by atoms with van der Waals surface area (Å²) >= 11 is 0. The molecule has 29 heavy (non-hydrogen) atoms. The molecule has 5 heteroatoms. The minimum absolute atomic E-state index is 0.247.